The van der Waals surface area contributed by atoms with Gasteiger partial charge in [0.05, 0.1) is 11.3 Å². The monoisotopic (exact) mass is 487 g/mol. The van der Waals surface area contributed by atoms with Gasteiger partial charge in [-0.15, -0.1) is 0 Å². The summed E-state index contributed by atoms with van der Waals surface area (Å²) in [5, 5.41) is 3.12. The van der Waals surface area contributed by atoms with Gasteiger partial charge in [-0.2, -0.15) is 0 Å². The molecule has 0 aromatic heterocycles. The van der Waals surface area contributed by atoms with Crippen molar-refractivity contribution in [1.29, 1.82) is 0 Å². The number of benzene rings is 2. The maximum atomic E-state index is 12.5. The molecule has 0 aliphatic carbocycles. The summed E-state index contributed by atoms with van der Waals surface area (Å²) in [6.45, 7) is -0.0176. The molecule has 1 N–H and O–H groups in total. The molecule has 2 aromatic rings. The summed E-state index contributed by atoms with van der Waals surface area (Å²) in [7, 11) is -3.32. The number of rotatable bonds is 8. The van der Waals surface area contributed by atoms with Crippen molar-refractivity contribution in [1.82, 2.24) is 5.32 Å². The Balaban J connectivity index is 2.08. The number of amides is 1. The van der Waals surface area contributed by atoms with Crippen LogP contribution < -0.4 is 5.32 Å². The fourth-order valence-corrected chi connectivity index (χ4v) is 3.55. The molecule has 1 amide bonds. The van der Waals surface area contributed by atoms with Crippen LogP contribution in [0, 0.1) is 0 Å². The zero-order valence-electron chi connectivity index (χ0n) is 15.0. The number of carbonyl (C=O) groups excluding carboxylic acids is 2. The second-order valence-electron chi connectivity index (χ2n) is 6.16. The predicted octanol–water partition coefficient (Wildman–Crippen LogP) is 3.38. The van der Waals surface area contributed by atoms with Crippen LogP contribution in [0.2, 0.25) is 5.02 Å². The zero-order valence-corrected chi connectivity index (χ0v) is 18.2. The number of nitrogens with one attached hydrogen (secondary N) is 1. The summed E-state index contributed by atoms with van der Waals surface area (Å²) < 4.78 is 28.8. The SMILES string of the molecule is CS(=O)(=O)CC[C@@H](NC(=O)c1ccccc1Br)C(=O)OCc1ccc(Cl)cc1. The second kappa shape index (κ2) is 10.0. The van der Waals surface area contributed by atoms with Crippen LogP contribution in [-0.2, 0) is 26.0 Å². The normalized spacial score (nSPS) is 12.2. The standard InChI is InChI=1S/C19H19BrClNO5S/c1-28(25,26)11-10-17(22-18(23)15-4-2-3-5-16(15)20)19(24)27-12-13-6-8-14(21)9-7-13/h2-9,17H,10-12H2,1H3,(H,22,23)/t17-/m1/s1. The van der Waals surface area contributed by atoms with Crippen molar-refractivity contribution in [3.8, 4) is 0 Å². The van der Waals surface area contributed by atoms with E-state index >= 15 is 0 Å². The van der Waals surface area contributed by atoms with E-state index in [2.05, 4.69) is 21.2 Å². The zero-order chi connectivity index (χ0) is 20.7. The van der Waals surface area contributed by atoms with Gasteiger partial charge in [-0.1, -0.05) is 35.9 Å². The van der Waals surface area contributed by atoms with E-state index in [1.807, 2.05) is 0 Å². The summed E-state index contributed by atoms with van der Waals surface area (Å²) in [5.74, 6) is -1.47. The molecule has 0 radical (unpaired) electrons. The average Bonchev–Trinajstić information content (AvgIpc) is 2.64. The van der Waals surface area contributed by atoms with Gasteiger partial charge in [0, 0.05) is 15.8 Å². The molecular weight excluding hydrogens is 470 g/mol. The van der Waals surface area contributed by atoms with Gasteiger partial charge >= 0.3 is 5.97 Å². The fraction of sp³-hybridized carbons (Fsp3) is 0.263. The van der Waals surface area contributed by atoms with Gasteiger partial charge in [0.15, 0.2) is 0 Å². The first kappa shape index (κ1) is 22.4. The van der Waals surface area contributed by atoms with E-state index in [1.54, 1.807) is 48.5 Å². The number of halogens is 2. The van der Waals surface area contributed by atoms with Crippen molar-refractivity contribution in [2.75, 3.05) is 12.0 Å². The average molecular weight is 489 g/mol. The number of carbonyl (C=O) groups is 2. The number of hydrogen-bond acceptors (Lipinski definition) is 5. The summed E-state index contributed by atoms with van der Waals surface area (Å²) in [6.07, 6.45) is 0.979. The molecule has 0 fully saturated rings. The van der Waals surface area contributed by atoms with Crippen molar-refractivity contribution in [2.24, 2.45) is 0 Å². The van der Waals surface area contributed by atoms with Gasteiger partial charge < -0.3 is 10.1 Å². The smallest absolute Gasteiger partial charge is 0.329 e. The summed E-state index contributed by atoms with van der Waals surface area (Å²) in [6, 6.07) is 12.4. The quantitative estimate of drug-likeness (QED) is 0.575. The molecule has 28 heavy (non-hydrogen) atoms. The van der Waals surface area contributed by atoms with E-state index in [9.17, 15) is 18.0 Å². The van der Waals surface area contributed by atoms with Crippen LogP contribution >= 0.6 is 27.5 Å². The molecule has 0 unspecified atom stereocenters. The Bertz CT molecular complexity index is 947. The Labute approximate surface area is 177 Å². The Morgan fingerprint density at radius 1 is 1.14 bits per heavy atom. The number of hydrogen-bond donors (Lipinski definition) is 1. The van der Waals surface area contributed by atoms with E-state index in [4.69, 9.17) is 16.3 Å². The van der Waals surface area contributed by atoms with E-state index in [0.29, 0.717) is 15.1 Å². The topological polar surface area (TPSA) is 89.5 Å². The summed E-state index contributed by atoms with van der Waals surface area (Å²) in [5.41, 5.74) is 1.05. The lowest BCUT2D eigenvalue weighted by Crippen LogP contribution is -2.43. The van der Waals surface area contributed by atoms with Gasteiger partial charge in [0.2, 0.25) is 0 Å². The molecule has 0 aliphatic rings. The lowest BCUT2D eigenvalue weighted by atomic mass is 10.1. The van der Waals surface area contributed by atoms with Crippen LogP contribution in [0.25, 0.3) is 0 Å². The van der Waals surface area contributed by atoms with Crippen molar-refractivity contribution in [2.45, 2.75) is 19.1 Å². The van der Waals surface area contributed by atoms with Gasteiger partial charge in [0.25, 0.3) is 5.91 Å². The van der Waals surface area contributed by atoms with Crippen LogP contribution in [0.1, 0.15) is 22.3 Å². The molecule has 6 nitrogen and oxygen atoms in total. The maximum Gasteiger partial charge on any atom is 0.329 e. The number of ether oxygens (including phenoxy) is 1. The van der Waals surface area contributed by atoms with Crippen molar-refractivity contribution in [3.63, 3.8) is 0 Å². The molecule has 0 heterocycles. The second-order valence-corrected chi connectivity index (χ2v) is 9.71. The first-order valence-electron chi connectivity index (χ1n) is 8.30. The van der Waals surface area contributed by atoms with Gasteiger partial charge in [0.1, 0.15) is 22.5 Å². The Kier molecular flexibility index (Phi) is 8.03. The van der Waals surface area contributed by atoms with Crippen molar-refractivity contribution in [3.05, 3.63) is 69.2 Å². The largest absolute Gasteiger partial charge is 0.459 e. The molecule has 2 rings (SSSR count). The van der Waals surface area contributed by atoms with E-state index in [-0.39, 0.29) is 18.8 Å². The third kappa shape index (κ3) is 7.26. The number of sulfone groups is 1. The molecule has 0 spiro atoms. The molecule has 2 aromatic carbocycles. The molecule has 150 valence electrons. The van der Waals surface area contributed by atoms with Gasteiger partial charge in [-0.25, -0.2) is 13.2 Å². The van der Waals surface area contributed by atoms with Crippen LogP contribution in [0.3, 0.4) is 0 Å². The lowest BCUT2D eigenvalue weighted by molar-refractivity contribution is -0.147. The minimum Gasteiger partial charge on any atom is -0.459 e. The first-order chi connectivity index (χ1) is 13.2. The highest BCUT2D eigenvalue weighted by Crippen LogP contribution is 2.16. The Hall–Kier alpha value is -1.90. The van der Waals surface area contributed by atoms with Gasteiger partial charge in [-0.05, 0) is 52.2 Å². The first-order valence-corrected chi connectivity index (χ1v) is 11.5. The lowest BCUT2D eigenvalue weighted by Gasteiger charge is -2.18. The minimum absolute atomic E-state index is 0.0176. The summed E-state index contributed by atoms with van der Waals surface area (Å²) >= 11 is 9.10. The molecule has 1 atom stereocenters. The highest BCUT2D eigenvalue weighted by Gasteiger charge is 2.25. The van der Waals surface area contributed by atoms with Crippen LogP contribution in [0.15, 0.2) is 53.0 Å². The fourth-order valence-electron chi connectivity index (χ4n) is 2.30. The molecule has 0 saturated carbocycles. The molecular formula is C19H19BrClNO5S. The van der Waals surface area contributed by atoms with Crippen LogP contribution in [-0.4, -0.2) is 38.3 Å². The van der Waals surface area contributed by atoms with Gasteiger partial charge in [-0.3, -0.25) is 4.79 Å². The third-order valence-corrected chi connectivity index (χ3v) is 5.70. The highest BCUT2D eigenvalue weighted by molar-refractivity contribution is 9.10. The Morgan fingerprint density at radius 3 is 2.39 bits per heavy atom. The molecule has 0 saturated heterocycles. The highest BCUT2D eigenvalue weighted by atomic mass is 79.9. The van der Waals surface area contributed by atoms with Crippen molar-refractivity contribution < 1.29 is 22.7 Å². The minimum atomic E-state index is -3.32. The summed E-state index contributed by atoms with van der Waals surface area (Å²) in [4.78, 5) is 25.0. The van der Waals surface area contributed by atoms with E-state index < -0.39 is 27.8 Å². The predicted molar refractivity (Wildman–Crippen MR) is 111 cm³/mol. The molecule has 9 heteroatoms. The third-order valence-electron chi connectivity index (χ3n) is 3.78. The van der Waals surface area contributed by atoms with Crippen molar-refractivity contribution >= 4 is 49.2 Å². The maximum absolute atomic E-state index is 12.5. The van der Waals surface area contributed by atoms with Crippen LogP contribution in [0.4, 0.5) is 0 Å². The van der Waals surface area contributed by atoms with E-state index in [0.717, 1.165) is 11.8 Å². The Morgan fingerprint density at radius 2 is 1.79 bits per heavy atom. The number of esters is 1. The molecule has 0 aliphatic heterocycles. The molecule has 0 bridgehead atoms. The van der Waals surface area contributed by atoms with E-state index in [1.165, 1.54) is 0 Å². The van der Waals surface area contributed by atoms with Crippen LogP contribution in [0.5, 0.6) is 0 Å².